The molecule has 0 unspecified atom stereocenters. The first-order chi connectivity index (χ1) is 12.9. The largest absolute Gasteiger partial charge is 0.478 e. The zero-order valence-electron chi connectivity index (χ0n) is 16.2. The van der Waals surface area contributed by atoms with Crippen LogP contribution in [0.2, 0.25) is 0 Å². The van der Waals surface area contributed by atoms with Crippen LogP contribution in [0.5, 0.6) is 0 Å². The number of carbonyl (C=O) groups is 1. The fraction of sp³-hybridized carbons (Fsp3) is 0.435. The highest BCUT2D eigenvalue weighted by Crippen LogP contribution is 2.47. The van der Waals surface area contributed by atoms with Crippen molar-refractivity contribution < 1.29 is 9.90 Å². The highest BCUT2D eigenvalue weighted by molar-refractivity contribution is 7.16. The highest BCUT2D eigenvalue weighted by atomic mass is 32.1. The van der Waals surface area contributed by atoms with Crippen molar-refractivity contribution in [2.24, 2.45) is 5.41 Å². The standard InChI is InChI=1S/C23H27NO2S/c1-15-7-6-12-24(14-15)18-9-5-4-8-16(18)21-20(22(25)26)17-13-23(2,3)11-10-19(17)27-21/h4-5,8-9H,1,6-7,10-14H2,2-3H3,(H,25,26). The molecule has 1 saturated heterocycles. The molecule has 1 aromatic carbocycles. The molecular formula is C23H27NO2S. The van der Waals surface area contributed by atoms with Gasteiger partial charge in [0, 0.05) is 29.2 Å². The molecule has 1 N–H and O–H groups in total. The molecule has 3 nitrogen and oxygen atoms in total. The number of rotatable bonds is 3. The molecule has 4 rings (SSSR count). The third-order valence-electron chi connectivity index (χ3n) is 5.85. The highest BCUT2D eigenvalue weighted by Gasteiger charge is 2.33. The van der Waals surface area contributed by atoms with E-state index >= 15 is 0 Å². The number of fused-ring (bicyclic) bond motifs is 1. The Labute approximate surface area is 165 Å². The third kappa shape index (κ3) is 3.43. The number of hydrogen-bond donors (Lipinski definition) is 1. The zero-order chi connectivity index (χ0) is 19.2. The number of thiophene rings is 1. The number of hydrogen-bond acceptors (Lipinski definition) is 3. The number of anilines is 1. The summed E-state index contributed by atoms with van der Waals surface area (Å²) in [5, 5.41) is 10.1. The molecule has 1 aliphatic carbocycles. The van der Waals surface area contributed by atoms with Gasteiger partial charge in [0.25, 0.3) is 0 Å². The maximum absolute atomic E-state index is 12.3. The topological polar surface area (TPSA) is 40.5 Å². The van der Waals surface area contributed by atoms with E-state index in [2.05, 4.69) is 37.5 Å². The molecule has 0 radical (unpaired) electrons. The summed E-state index contributed by atoms with van der Waals surface area (Å²) in [4.78, 5) is 16.8. The maximum atomic E-state index is 12.3. The van der Waals surface area contributed by atoms with E-state index in [0.717, 1.165) is 66.9 Å². The number of carboxylic acids is 1. The van der Waals surface area contributed by atoms with E-state index in [1.165, 1.54) is 10.5 Å². The Hall–Kier alpha value is -2.07. The maximum Gasteiger partial charge on any atom is 0.337 e. The number of piperidine rings is 1. The minimum atomic E-state index is -0.793. The average Bonchev–Trinajstić information content (AvgIpc) is 2.99. The third-order valence-corrected chi connectivity index (χ3v) is 7.18. The first-order valence-corrected chi connectivity index (χ1v) is 10.6. The van der Waals surface area contributed by atoms with Gasteiger partial charge in [0.2, 0.25) is 0 Å². The van der Waals surface area contributed by atoms with Crippen LogP contribution in [0.3, 0.4) is 0 Å². The molecule has 1 fully saturated rings. The summed E-state index contributed by atoms with van der Waals surface area (Å²) < 4.78 is 0. The number of carboxylic acid groups (broad SMARTS) is 1. The van der Waals surface area contributed by atoms with Crippen LogP contribution >= 0.6 is 11.3 Å². The summed E-state index contributed by atoms with van der Waals surface area (Å²) in [7, 11) is 0. The molecule has 0 bridgehead atoms. The predicted molar refractivity (Wildman–Crippen MR) is 113 cm³/mol. The van der Waals surface area contributed by atoms with E-state index in [9.17, 15) is 9.90 Å². The summed E-state index contributed by atoms with van der Waals surface area (Å²) in [6.07, 6.45) is 5.14. The molecule has 0 spiro atoms. The molecule has 0 amide bonds. The van der Waals surface area contributed by atoms with Crippen molar-refractivity contribution in [3.63, 3.8) is 0 Å². The number of benzene rings is 1. The van der Waals surface area contributed by atoms with Crippen LogP contribution < -0.4 is 4.90 Å². The van der Waals surface area contributed by atoms with Gasteiger partial charge in [-0.2, -0.15) is 0 Å². The van der Waals surface area contributed by atoms with Crippen molar-refractivity contribution >= 4 is 23.0 Å². The number of nitrogens with zero attached hydrogens (tertiary/aromatic N) is 1. The fourth-order valence-corrected chi connectivity index (χ4v) is 5.77. The monoisotopic (exact) mass is 381 g/mol. The Bertz CT molecular complexity index is 909. The summed E-state index contributed by atoms with van der Waals surface area (Å²) >= 11 is 1.69. The molecule has 0 saturated carbocycles. The molecular weight excluding hydrogens is 354 g/mol. The van der Waals surface area contributed by atoms with Gasteiger partial charge in [-0.25, -0.2) is 4.79 Å². The van der Waals surface area contributed by atoms with Crippen LogP contribution in [-0.2, 0) is 12.8 Å². The zero-order valence-corrected chi connectivity index (χ0v) is 17.0. The summed E-state index contributed by atoms with van der Waals surface area (Å²) in [6.45, 7) is 10.5. The first kappa shape index (κ1) is 18.3. The smallest absolute Gasteiger partial charge is 0.337 e. The van der Waals surface area contributed by atoms with E-state index in [0.29, 0.717) is 5.56 Å². The molecule has 1 aromatic heterocycles. The van der Waals surface area contributed by atoms with Gasteiger partial charge in [-0.05, 0) is 49.1 Å². The Morgan fingerprint density at radius 3 is 2.78 bits per heavy atom. The lowest BCUT2D eigenvalue weighted by Gasteiger charge is -2.32. The molecule has 27 heavy (non-hydrogen) atoms. The van der Waals surface area contributed by atoms with Crippen LogP contribution in [0, 0.1) is 5.41 Å². The summed E-state index contributed by atoms with van der Waals surface area (Å²) in [5.41, 5.74) is 5.21. The molecule has 4 heteroatoms. The van der Waals surface area contributed by atoms with Crippen LogP contribution in [0.25, 0.3) is 10.4 Å². The Morgan fingerprint density at radius 1 is 1.26 bits per heavy atom. The molecule has 0 atom stereocenters. The van der Waals surface area contributed by atoms with E-state index in [4.69, 9.17) is 0 Å². The van der Waals surface area contributed by atoms with Gasteiger partial charge in [-0.15, -0.1) is 11.3 Å². The molecule has 2 aliphatic rings. The van der Waals surface area contributed by atoms with Crippen molar-refractivity contribution in [2.75, 3.05) is 18.0 Å². The minimum absolute atomic E-state index is 0.166. The Morgan fingerprint density at radius 2 is 2.04 bits per heavy atom. The second kappa shape index (κ2) is 6.83. The van der Waals surface area contributed by atoms with E-state index in [1.807, 2.05) is 12.1 Å². The quantitative estimate of drug-likeness (QED) is 0.685. The summed E-state index contributed by atoms with van der Waals surface area (Å²) in [5.74, 6) is -0.793. The van der Waals surface area contributed by atoms with Gasteiger partial charge < -0.3 is 10.0 Å². The molecule has 142 valence electrons. The van der Waals surface area contributed by atoms with Gasteiger partial charge >= 0.3 is 5.97 Å². The van der Waals surface area contributed by atoms with Crippen molar-refractivity contribution in [1.82, 2.24) is 0 Å². The lowest BCUT2D eigenvalue weighted by Crippen LogP contribution is -2.31. The van der Waals surface area contributed by atoms with Crippen molar-refractivity contribution in [3.05, 3.63) is 52.4 Å². The molecule has 2 aromatic rings. The second-order valence-electron chi connectivity index (χ2n) is 8.65. The normalized spacial score (nSPS) is 19.0. The predicted octanol–water partition coefficient (Wildman–Crippen LogP) is 5.78. The molecule has 2 heterocycles. The van der Waals surface area contributed by atoms with Crippen LogP contribution in [0.4, 0.5) is 5.69 Å². The average molecular weight is 382 g/mol. The summed E-state index contributed by atoms with van der Waals surface area (Å²) in [6, 6.07) is 8.28. The van der Waals surface area contributed by atoms with Crippen molar-refractivity contribution in [3.8, 4) is 10.4 Å². The van der Waals surface area contributed by atoms with Gasteiger partial charge in [-0.3, -0.25) is 0 Å². The fourth-order valence-electron chi connectivity index (χ4n) is 4.43. The Kier molecular flexibility index (Phi) is 4.63. The van der Waals surface area contributed by atoms with Crippen LogP contribution in [-0.4, -0.2) is 24.2 Å². The van der Waals surface area contributed by atoms with Gasteiger partial charge in [-0.1, -0.05) is 44.2 Å². The molecule has 1 aliphatic heterocycles. The van der Waals surface area contributed by atoms with Gasteiger partial charge in [0.05, 0.1) is 10.4 Å². The van der Waals surface area contributed by atoms with Gasteiger partial charge in [0.15, 0.2) is 0 Å². The van der Waals surface area contributed by atoms with Crippen LogP contribution in [0.1, 0.15) is 53.9 Å². The SMILES string of the molecule is C=C1CCCN(c2ccccc2-c2sc3c(c2C(=O)O)CC(C)(C)CC3)C1. The van der Waals surface area contributed by atoms with Crippen molar-refractivity contribution in [1.29, 1.82) is 0 Å². The minimum Gasteiger partial charge on any atom is -0.478 e. The van der Waals surface area contributed by atoms with Gasteiger partial charge in [0.1, 0.15) is 0 Å². The Balaban J connectivity index is 1.84. The number of aromatic carboxylic acids is 1. The van der Waals surface area contributed by atoms with Crippen molar-refractivity contribution in [2.45, 2.75) is 46.0 Å². The van der Waals surface area contributed by atoms with E-state index in [1.54, 1.807) is 11.3 Å². The van der Waals surface area contributed by atoms with E-state index in [-0.39, 0.29) is 5.41 Å². The second-order valence-corrected chi connectivity index (χ2v) is 9.75. The number of para-hydroxylation sites is 1. The van der Waals surface area contributed by atoms with Crippen LogP contribution in [0.15, 0.2) is 36.4 Å². The first-order valence-electron chi connectivity index (χ1n) is 9.74. The van der Waals surface area contributed by atoms with E-state index < -0.39 is 5.97 Å². The lowest BCUT2D eigenvalue weighted by atomic mass is 9.76. The lowest BCUT2D eigenvalue weighted by molar-refractivity contribution is 0.0696. The number of aryl methyl sites for hydroxylation is 1.